The van der Waals surface area contributed by atoms with Crippen LogP contribution in [0.15, 0.2) is 6.07 Å². The Labute approximate surface area is 116 Å². The van der Waals surface area contributed by atoms with E-state index in [-0.39, 0.29) is 5.01 Å². The fourth-order valence-electron chi connectivity index (χ4n) is 2.29. The third-order valence-electron chi connectivity index (χ3n) is 3.58. The summed E-state index contributed by atoms with van der Waals surface area (Å²) < 4.78 is 0. The van der Waals surface area contributed by atoms with Gasteiger partial charge in [0.2, 0.25) is 5.01 Å². The van der Waals surface area contributed by atoms with Gasteiger partial charge in [-0.3, -0.25) is 0 Å². The van der Waals surface area contributed by atoms with Gasteiger partial charge >= 0.3 is 5.97 Å². The van der Waals surface area contributed by atoms with Crippen LogP contribution >= 0.6 is 11.3 Å². The molecule has 19 heavy (non-hydrogen) atoms. The molecular weight excluding hydrogens is 258 g/mol. The van der Waals surface area contributed by atoms with Crippen LogP contribution in [-0.2, 0) is 0 Å². The summed E-state index contributed by atoms with van der Waals surface area (Å²) in [4.78, 5) is 16.3. The molecule has 0 saturated heterocycles. The summed E-state index contributed by atoms with van der Waals surface area (Å²) in [5.41, 5.74) is 6.66. The van der Waals surface area contributed by atoms with E-state index in [1.54, 1.807) is 0 Å². The quantitative estimate of drug-likeness (QED) is 0.899. The monoisotopic (exact) mass is 275 g/mol. The van der Waals surface area contributed by atoms with Crippen LogP contribution in [-0.4, -0.2) is 16.1 Å². The minimum absolute atomic E-state index is 0.158. The van der Waals surface area contributed by atoms with Crippen molar-refractivity contribution in [1.82, 2.24) is 4.98 Å². The molecule has 0 aliphatic carbocycles. The highest BCUT2D eigenvalue weighted by Crippen LogP contribution is 2.35. The van der Waals surface area contributed by atoms with Crippen LogP contribution in [0, 0.1) is 34.6 Å². The number of rotatable bonds is 2. The van der Waals surface area contributed by atoms with Crippen LogP contribution in [0.4, 0.5) is 0 Å². The summed E-state index contributed by atoms with van der Waals surface area (Å²) in [6.07, 6.45) is 0. The summed E-state index contributed by atoms with van der Waals surface area (Å²) in [7, 11) is 0. The predicted molar refractivity (Wildman–Crippen MR) is 78.2 cm³/mol. The molecule has 1 aromatic heterocycles. The average Bonchev–Trinajstić information content (AvgIpc) is 2.70. The van der Waals surface area contributed by atoms with E-state index in [2.05, 4.69) is 38.7 Å². The molecule has 0 aliphatic heterocycles. The van der Waals surface area contributed by atoms with Crippen molar-refractivity contribution in [1.29, 1.82) is 0 Å². The van der Waals surface area contributed by atoms with Crippen molar-refractivity contribution in [3.05, 3.63) is 38.2 Å². The molecule has 0 bridgehead atoms. The minimum Gasteiger partial charge on any atom is -0.476 e. The maximum atomic E-state index is 11.0. The fraction of sp³-hybridized carbons (Fsp3) is 0.333. The van der Waals surface area contributed by atoms with Gasteiger partial charge < -0.3 is 5.11 Å². The van der Waals surface area contributed by atoms with E-state index in [0.717, 1.165) is 16.1 Å². The molecule has 4 heteroatoms. The lowest BCUT2D eigenvalue weighted by molar-refractivity contribution is 0.0696. The van der Waals surface area contributed by atoms with E-state index in [9.17, 15) is 4.79 Å². The smallest absolute Gasteiger partial charge is 0.365 e. The normalized spacial score (nSPS) is 10.8. The summed E-state index contributed by atoms with van der Waals surface area (Å²) in [6.45, 7) is 10.2. The molecule has 0 spiro atoms. The van der Waals surface area contributed by atoms with Crippen molar-refractivity contribution < 1.29 is 9.90 Å². The van der Waals surface area contributed by atoms with Crippen molar-refractivity contribution in [2.75, 3.05) is 0 Å². The summed E-state index contributed by atoms with van der Waals surface area (Å²) >= 11 is 1.24. The Balaban J connectivity index is 2.75. The van der Waals surface area contributed by atoms with E-state index in [0.29, 0.717) is 0 Å². The molecule has 2 rings (SSSR count). The highest BCUT2D eigenvalue weighted by Gasteiger charge is 2.19. The van der Waals surface area contributed by atoms with Crippen molar-refractivity contribution >= 4 is 17.3 Å². The molecule has 0 aliphatic rings. The largest absolute Gasteiger partial charge is 0.476 e. The maximum absolute atomic E-state index is 11.0. The molecule has 0 unspecified atom stereocenters. The van der Waals surface area contributed by atoms with Gasteiger partial charge in [0.1, 0.15) is 0 Å². The molecule has 1 N–H and O–H groups in total. The van der Waals surface area contributed by atoms with Crippen molar-refractivity contribution in [3.8, 4) is 11.3 Å². The Morgan fingerprint density at radius 1 is 1.11 bits per heavy atom. The fourth-order valence-corrected chi connectivity index (χ4v) is 3.05. The summed E-state index contributed by atoms with van der Waals surface area (Å²) in [6, 6.07) is 2.16. The molecule has 0 amide bonds. The Morgan fingerprint density at radius 2 is 1.63 bits per heavy atom. The Kier molecular flexibility index (Phi) is 3.45. The van der Waals surface area contributed by atoms with E-state index in [1.807, 2.05) is 6.92 Å². The van der Waals surface area contributed by atoms with Gasteiger partial charge in [-0.2, -0.15) is 0 Å². The lowest BCUT2D eigenvalue weighted by atomic mass is 9.92. The highest BCUT2D eigenvalue weighted by atomic mass is 32.1. The van der Waals surface area contributed by atoms with Crippen LogP contribution in [0.25, 0.3) is 11.3 Å². The Bertz CT molecular complexity index is 645. The molecule has 0 saturated carbocycles. The van der Waals surface area contributed by atoms with Gasteiger partial charge in [0, 0.05) is 10.4 Å². The Hall–Kier alpha value is -1.68. The first kappa shape index (κ1) is 13.7. The van der Waals surface area contributed by atoms with E-state index in [1.165, 1.54) is 33.6 Å². The zero-order valence-electron chi connectivity index (χ0n) is 11.8. The standard InChI is InChI=1S/C15H17NO2S/c1-7-6-8(2)10(4)12(9(7)3)13-11(5)19-14(16-13)15(17)18/h6H,1-5H3,(H,17,18). The van der Waals surface area contributed by atoms with E-state index >= 15 is 0 Å². The first-order valence-electron chi connectivity index (χ1n) is 6.11. The van der Waals surface area contributed by atoms with Gasteiger partial charge in [0.05, 0.1) is 5.69 Å². The number of aryl methyl sites for hydroxylation is 3. The second-order valence-corrected chi connectivity index (χ2v) is 6.07. The molecule has 3 nitrogen and oxygen atoms in total. The number of carbonyl (C=O) groups is 1. The number of aromatic nitrogens is 1. The zero-order valence-corrected chi connectivity index (χ0v) is 12.6. The zero-order chi connectivity index (χ0) is 14.3. The van der Waals surface area contributed by atoms with Crippen LogP contribution in [0.2, 0.25) is 0 Å². The van der Waals surface area contributed by atoms with Gasteiger partial charge in [-0.15, -0.1) is 11.3 Å². The number of aromatic carboxylic acids is 1. The highest BCUT2D eigenvalue weighted by molar-refractivity contribution is 7.13. The first-order chi connectivity index (χ1) is 8.82. The first-order valence-corrected chi connectivity index (χ1v) is 6.93. The minimum atomic E-state index is -0.959. The van der Waals surface area contributed by atoms with E-state index in [4.69, 9.17) is 5.11 Å². The molecule has 1 aromatic carbocycles. The Morgan fingerprint density at radius 3 is 2.05 bits per heavy atom. The van der Waals surface area contributed by atoms with Gasteiger partial charge in [-0.25, -0.2) is 9.78 Å². The topological polar surface area (TPSA) is 50.2 Å². The maximum Gasteiger partial charge on any atom is 0.365 e. The lowest BCUT2D eigenvalue weighted by Crippen LogP contribution is -1.98. The van der Waals surface area contributed by atoms with Gasteiger partial charge in [0.25, 0.3) is 0 Å². The second kappa shape index (κ2) is 4.78. The van der Waals surface area contributed by atoms with Gasteiger partial charge in [-0.05, 0) is 56.9 Å². The molecule has 0 fully saturated rings. The molecule has 100 valence electrons. The molecule has 1 heterocycles. The van der Waals surface area contributed by atoms with Crippen LogP contribution in [0.3, 0.4) is 0 Å². The molecule has 0 atom stereocenters. The molecule has 0 radical (unpaired) electrons. The van der Waals surface area contributed by atoms with E-state index < -0.39 is 5.97 Å². The summed E-state index contributed by atoms with van der Waals surface area (Å²) in [5, 5.41) is 9.22. The lowest BCUT2D eigenvalue weighted by Gasteiger charge is -2.14. The number of hydrogen-bond donors (Lipinski definition) is 1. The third kappa shape index (κ3) is 2.28. The third-order valence-corrected chi connectivity index (χ3v) is 4.54. The van der Waals surface area contributed by atoms with Crippen molar-refractivity contribution in [2.45, 2.75) is 34.6 Å². The number of hydrogen-bond acceptors (Lipinski definition) is 3. The van der Waals surface area contributed by atoms with Crippen LogP contribution in [0.5, 0.6) is 0 Å². The van der Waals surface area contributed by atoms with Crippen LogP contribution < -0.4 is 0 Å². The number of thiazole rings is 1. The number of carboxylic acids is 1. The van der Waals surface area contributed by atoms with Crippen LogP contribution in [0.1, 0.15) is 36.9 Å². The van der Waals surface area contributed by atoms with Gasteiger partial charge in [-0.1, -0.05) is 6.07 Å². The number of carboxylic acid groups (broad SMARTS) is 1. The predicted octanol–water partition coefficient (Wildman–Crippen LogP) is 4.05. The molecule has 2 aromatic rings. The second-order valence-electron chi connectivity index (χ2n) is 4.86. The number of nitrogens with zero attached hydrogens (tertiary/aromatic N) is 1. The van der Waals surface area contributed by atoms with Crippen molar-refractivity contribution in [2.24, 2.45) is 0 Å². The van der Waals surface area contributed by atoms with Gasteiger partial charge in [0.15, 0.2) is 0 Å². The molecular formula is C15H17NO2S. The number of benzene rings is 1. The summed E-state index contributed by atoms with van der Waals surface area (Å²) in [5.74, 6) is -0.959. The SMILES string of the molecule is Cc1cc(C)c(C)c(-c2nc(C(=O)O)sc2C)c1C. The average molecular weight is 275 g/mol. The van der Waals surface area contributed by atoms with Crippen molar-refractivity contribution in [3.63, 3.8) is 0 Å².